The monoisotopic (exact) mass is 270 g/mol. The van der Waals surface area contributed by atoms with Crippen molar-refractivity contribution in [3.63, 3.8) is 0 Å². The minimum absolute atomic E-state index is 0.0925. The second-order valence-corrected chi connectivity index (χ2v) is 5.20. The van der Waals surface area contributed by atoms with E-state index < -0.39 is 0 Å². The van der Waals surface area contributed by atoms with Crippen LogP contribution in [0.1, 0.15) is 41.4 Å². The van der Waals surface area contributed by atoms with Gasteiger partial charge in [-0.1, -0.05) is 18.2 Å². The van der Waals surface area contributed by atoms with Crippen LogP contribution in [0.15, 0.2) is 42.6 Å². The fourth-order valence-electron chi connectivity index (χ4n) is 2.50. The molecule has 3 rings (SSSR count). The van der Waals surface area contributed by atoms with Gasteiger partial charge in [-0.3, -0.25) is 4.79 Å². The van der Waals surface area contributed by atoms with Gasteiger partial charge in [0, 0.05) is 24.3 Å². The predicted molar refractivity (Wildman–Crippen MR) is 76.6 cm³/mol. The third-order valence-electron chi connectivity index (χ3n) is 3.91. The molecule has 0 radical (unpaired) electrons. The number of hydrogen-bond acceptors (Lipinski definition) is 2. The molecule has 1 saturated carbocycles. The Bertz CT molecular complexity index is 614. The highest BCUT2D eigenvalue weighted by atomic mass is 16.3. The van der Waals surface area contributed by atoms with Gasteiger partial charge < -0.3 is 15.0 Å². The summed E-state index contributed by atoms with van der Waals surface area (Å²) in [5.74, 6) is 0.118. The number of rotatable bonds is 4. The molecular weight excluding hydrogens is 252 g/mol. The highest BCUT2D eigenvalue weighted by Crippen LogP contribution is 2.32. The van der Waals surface area contributed by atoms with E-state index in [0.29, 0.717) is 18.3 Å². The molecule has 1 heterocycles. The summed E-state index contributed by atoms with van der Waals surface area (Å²) in [6.45, 7) is 0.335. The van der Waals surface area contributed by atoms with Gasteiger partial charge in [-0.25, -0.2) is 0 Å². The molecule has 0 aliphatic heterocycles. The average molecular weight is 270 g/mol. The minimum atomic E-state index is -0.0925. The summed E-state index contributed by atoms with van der Waals surface area (Å²) in [5.41, 5.74) is 1.42. The van der Waals surface area contributed by atoms with Crippen LogP contribution in [0.4, 0.5) is 0 Å². The Morgan fingerprint density at radius 1 is 1.25 bits per heavy atom. The number of amides is 1. The number of phenolic OH excluding ortho intramolecular Hbond substituents is 1. The highest BCUT2D eigenvalue weighted by molar-refractivity contribution is 5.92. The molecule has 1 aliphatic carbocycles. The summed E-state index contributed by atoms with van der Waals surface area (Å²) in [6, 6.07) is 11.3. The zero-order valence-electron chi connectivity index (χ0n) is 11.2. The van der Waals surface area contributed by atoms with E-state index in [2.05, 4.69) is 9.88 Å². The van der Waals surface area contributed by atoms with Crippen molar-refractivity contribution in [2.45, 2.75) is 31.8 Å². The summed E-state index contributed by atoms with van der Waals surface area (Å²) < 4.78 is 2.06. The largest absolute Gasteiger partial charge is 0.508 e. The molecule has 0 spiro atoms. The van der Waals surface area contributed by atoms with Crippen LogP contribution in [0, 0.1) is 0 Å². The Kier molecular flexibility index (Phi) is 3.46. The molecule has 0 saturated heterocycles. The summed E-state index contributed by atoms with van der Waals surface area (Å²) in [7, 11) is 0. The van der Waals surface area contributed by atoms with E-state index >= 15 is 0 Å². The first-order chi connectivity index (χ1) is 9.75. The maximum atomic E-state index is 12.2. The SMILES string of the molecule is O=C(NCc1ccccc1O)c1cccn1C1CCC1. The van der Waals surface area contributed by atoms with Crippen LogP contribution >= 0.6 is 0 Å². The number of aromatic hydroxyl groups is 1. The van der Waals surface area contributed by atoms with Crippen molar-refractivity contribution in [1.29, 1.82) is 0 Å². The molecular formula is C16H18N2O2. The van der Waals surface area contributed by atoms with Crippen molar-refractivity contribution >= 4 is 5.91 Å². The Labute approximate surface area is 118 Å². The van der Waals surface area contributed by atoms with E-state index in [1.807, 2.05) is 24.4 Å². The summed E-state index contributed by atoms with van der Waals surface area (Å²) in [6.07, 6.45) is 5.50. The summed E-state index contributed by atoms with van der Waals surface area (Å²) in [5, 5.41) is 12.6. The second kappa shape index (κ2) is 5.41. The van der Waals surface area contributed by atoms with Gasteiger partial charge in [-0.15, -0.1) is 0 Å². The number of carbonyl (C=O) groups is 1. The van der Waals surface area contributed by atoms with E-state index in [9.17, 15) is 9.90 Å². The first kappa shape index (κ1) is 12.8. The second-order valence-electron chi connectivity index (χ2n) is 5.20. The zero-order valence-corrected chi connectivity index (χ0v) is 11.2. The van der Waals surface area contributed by atoms with Crippen LogP contribution in [0.2, 0.25) is 0 Å². The van der Waals surface area contributed by atoms with Crippen LogP contribution in [0.3, 0.4) is 0 Å². The predicted octanol–water partition coefficient (Wildman–Crippen LogP) is 2.85. The summed E-state index contributed by atoms with van der Waals surface area (Å²) in [4.78, 5) is 12.2. The molecule has 4 nitrogen and oxygen atoms in total. The molecule has 20 heavy (non-hydrogen) atoms. The van der Waals surface area contributed by atoms with Crippen molar-refractivity contribution in [1.82, 2.24) is 9.88 Å². The number of nitrogens with one attached hydrogen (secondary N) is 1. The molecule has 1 aromatic heterocycles. The van der Waals surface area contributed by atoms with Crippen molar-refractivity contribution in [2.24, 2.45) is 0 Å². The molecule has 4 heteroatoms. The van der Waals surface area contributed by atoms with Gasteiger partial charge >= 0.3 is 0 Å². The number of aromatic nitrogens is 1. The maximum absolute atomic E-state index is 12.2. The molecule has 2 N–H and O–H groups in total. The number of carbonyl (C=O) groups excluding carboxylic acids is 1. The van der Waals surface area contributed by atoms with Gasteiger partial charge in [0.05, 0.1) is 0 Å². The normalized spacial score (nSPS) is 14.8. The lowest BCUT2D eigenvalue weighted by Crippen LogP contribution is -2.28. The quantitative estimate of drug-likeness (QED) is 0.897. The fraction of sp³-hybridized carbons (Fsp3) is 0.312. The molecule has 1 amide bonds. The van der Waals surface area contributed by atoms with Crippen LogP contribution in [-0.4, -0.2) is 15.6 Å². The van der Waals surface area contributed by atoms with E-state index in [1.165, 1.54) is 6.42 Å². The first-order valence-corrected chi connectivity index (χ1v) is 6.97. The van der Waals surface area contributed by atoms with Crippen molar-refractivity contribution in [2.75, 3.05) is 0 Å². The lowest BCUT2D eigenvalue weighted by atomic mass is 9.93. The van der Waals surface area contributed by atoms with E-state index in [0.717, 1.165) is 18.4 Å². The smallest absolute Gasteiger partial charge is 0.268 e. The number of benzene rings is 1. The Morgan fingerprint density at radius 2 is 2.05 bits per heavy atom. The first-order valence-electron chi connectivity index (χ1n) is 6.97. The highest BCUT2D eigenvalue weighted by Gasteiger charge is 2.23. The molecule has 0 atom stereocenters. The van der Waals surface area contributed by atoms with Crippen molar-refractivity contribution in [3.8, 4) is 5.75 Å². The van der Waals surface area contributed by atoms with Crippen molar-refractivity contribution in [3.05, 3.63) is 53.9 Å². The van der Waals surface area contributed by atoms with Gasteiger partial charge in [0.1, 0.15) is 11.4 Å². The number of hydrogen-bond donors (Lipinski definition) is 2. The molecule has 2 aromatic rings. The fourth-order valence-corrected chi connectivity index (χ4v) is 2.50. The lowest BCUT2D eigenvalue weighted by molar-refractivity contribution is 0.0935. The molecule has 0 bridgehead atoms. The van der Waals surface area contributed by atoms with Gasteiger partial charge in [0.15, 0.2) is 0 Å². The Balaban J connectivity index is 1.68. The number of nitrogens with zero attached hydrogens (tertiary/aromatic N) is 1. The van der Waals surface area contributed by atoms with E-state index in [-0.39, 0.29) is 11.7 Å². The topological polar surface area (TPSA) is 54.3 Å². The van der Waals surface area contributed by atoms with E-state index in [1.54, 1.807) is 18.2 Å². The number of para-hydroxylation sites is 1. The van der Waals surface area contributed by atoms with Gasteiger partial charge in [-0.05, 0) is 37.5 Å². The van der Waals surface area contributed by atoms with Crippen LogP contribution in [0.5, 0.6) is 5.75 Å². The minimum Gasteiger partial charge on any atom is -0.508 e. The molecule has 0 unspecified atom stereocenters. The molecule has 1 aliphatic rings. The standard InChI is InChI=1S/C16H18N2O2/c19-15-9-2-1-5-12(15)11-17-16(20)14-8-4-10-18(14)13-6-3-7-13/h1-2,4-5,8-10,13,19H,3,6-7,11H2,(H,17,20). The maximum Gasteiger partial charge on any atom is 0.268 e. The van der Waals surface area contributed by atoms with Crippen LogP contribution in [0.25, 0.3) is 0 Å². The lowest BCUT2D eigenvalue weighted by Gasteiger charge is -2.28. The Morgan fingerprint density at radius 3 is 2.75 bits per heavy atom. The van der Waals surface area contributed by atoms with Gasteiger partial charge in [0.25, 0.3) is 5.91 Å². The van der Waals surface area contributed by atoms with Gasteiger partial charge in [0.2, 0.25) is 0 Å². The van der Waals surface area contributed by atoms with Crippen molar-refractivity contribution < 1.29 is 9.90 Å². The summed E-state index contributed by atoms with van der Waals surface area (Å²) >= 11 is 0. The molecule has 1 aromatic carbocycles. The zero-order chi connectivity index (χ0) is 13.9. The average Bonchev–Trinajstić information content (AvgIpc) is 2.84. The van der Waals surface area contributed by atoms with Crippen LogP contribution < -0.4 is 5.32 Å². The van der Waals surface area contributed by atoms with Crippen LogP contribution in [-0.2, 0) is 6.54 Å². The number of phenols is 1. The third-order valence-corrected chi connectivity index (χ3v) is 3.91. The Hall–Kier alpha value is -2.23. The molecule has 1 fully saturated rings. The van der Waals surface area contributed by atoms with Gasteiger partial charge in [-0.2, -0.15) is 0 Å². The third kappa shape index (κ3) is 2.41. The molecule has 104 valence electrons. The van der Waals surface area contributed by atoms with E-state index in [4.69, 9.17) is 0 Å².